The molecule has 0 aliphatic heterocycles. The number of imidazole rings is 1. The quantitative estimate of drug-likeness (QED) is 0.412. The van der Waals surface area contributed by atoms with Gasteiger partial charge in [-0.15, -0.1) is 0 Å². The summed E-state index contributed by atoms with van der Waals surface area (Å²) in [5.74, 6) is 0.322. The molecule has 0 amide bonds. The Morgan fingerprint density at radius 3 is 2.71 bits per heavy atom. The lowest BCUT2D eigenvalue weighted by Crippen LogP contribution is -2.22. The van der Waals surface area contributed by atoms with Crippen LogP contribution < -0.4 is 14.8 Å². The third kappa shape index (κ3) is 3.59. The monoisotopic (exact) mass is 430 g/mol. The van der Waals surface area contributed by atoms with Gasteiger partial charge in [-0.25, -0.2) is 13.8 Å². The van der Waals surface area contributed by atoms with Gasteiger partial charge in [0.15, 0.2) is 4.96 Å². The summed E-state index contributed by atoms with van der Waals surface area (Å²) in [5, 5.41) is 0. The van der Waals surface area contributed by atoms with Crippen LogP contribution in [0, 0.1) is 19.7 Å². The van der Waals surface area contributed by atoms with Crippen LogP contribution in [0.2, 0.25) is 0 Å². The molecule has 6 heteroatoms. The summed E-state index contributed by atoms with van der Waals surface area (Å²) in [7, 11) is 0. The highest BCUT2D eigenvalue weighted by molar-refractivity contribution is 7.15. The lowest BCUT2D eigenvalue weighted by Gasteiger charge is -2.07. The summed E-state index contributed by atoms with van der Waals surface area (Å²) in [4.78, 5) is 18.4. The van der Waals surface area contributed by atoms with E-state index in [0.717, 1.165) is 27.7 Å². The number of ether oxygens (including phenoxy) is 1. The molecule has 3 aromatic carbocycles. The molecule has 0 aliphatic rings. The number of hydrogen-bond donors (Lipinski definition) is 0. The molecule has 0 unspecified atom stereocenters. The lowest BCUT2D eigenvalue weighted by atomic mass is 10.1. The molecule has 31 heavy (non-hydrogen) atoms. The Labute approximate surface area is 181 Å². The number of aromatic nitrogens is 2. The van der Waals surface area contributed by atoms with Gasteiger partial charge in [0.2, 0.25) is 0 Å². The molecule has 0 radical (unpaired) electrons. The lowest BCUT2D eigenvalue weighted by molar-refractivity contribution is 0.300. The van der Waals surface area contributed by atoms with E-state index in [9.17, 15) is 9.18 Å². The van der Waals surface area contributed by atoms with Crippen molar-refractivity contribution in [1.29, 1.82) is 0 Å². The van der Waals surface area contributed by atoms with Gasteiger partial charge < -0.3 is 4.74 Å². The van der Waals surface area contributed by atoms with Crippen LogP contribution in [0.15, 0.2) is 65.5 Å². The van der Waals surface area contributed by atoms with Crippen molar-refractivity contribution in [1.82, 2.24) is 9.38 Å². The van der Waals surface area contributed by atoms with E-state index >= 15 is 0 Å². The van der Waals surface area contributed by atoms with Crippen LogP contribution in [0.4, 0.5) is 4.39 Å². The molecule has 0 atom stereocenters. The van der Waals surface area contributed by atoms with Crippen molar-refractivity contribution in [2.75, 3.05) is 0 Å². The van der Waals surface area contributed by atoms with Crippen molar-refractivity contribution in [2.45, 2.75) is 20.5 Å². The van der Waals surface area contributed by atoms with Crippen LogP contribution in [0.5, 0.6) is 5.75 Å². The first-order valence-electron chi connectivity index (χ1n) is 9.90. The van der Waals surface area contributed by atoms with Crippen LogP contribution in [0.1, 0.15) is 22.3 Å². The van der Waals surface area contributed by atoms with E-state index in [-0.39, 0.29) is 18.0 Å². The van der Waals surface area contributed by atoms with E-state index in [2.05, 4.69) is 4.98 Å². The minimum Gasteiger partial charge on any atom is -0.489 e. The van der Waals surface area contributed by atoms with Gasteiger partial charge >= 0.3 is 0 Å². The first-order chi connectivity index (χ1) is 15.0. The summed E-state index contributed by atoms with van der Waals surface area (Å²) in [6, 6.07) is 18.0. The van der Waals surface area contributed by atoms with Gasteiger partial charge in [0.1, 0.15) is 18.2 Å². The minimum atomic E-state index is -0.291. The Balaban J connectivity index is 1.50. The second-order valence-electron chi connectivity index (χ2n) is 7.52. The molecule has 0 saturated carbocycles. The van der Waals surface area contributed by atoms with Crippen LogP contribution in [-0.2, 0) is 6.61 Å². The highest BCUT2D eigenvalue weighted by atomic mass is 32.1. The molecule has 0 saturated heterocycles. The van der Waals surface area contributed by atoms with E-state index < -0.39 is 0 Å². The topological polar surface area (TPSA) is 43.6 Å². The number of rotatable bonds is 4. The standard InChI is InChI=1S/C25H19FN2O2S/c1-15-10-21-22(11-16(15)2)28-24(29)23(31-25(28)27-21)13-17-6-5-8-19(12-17)30-14-18-7-3-4-9-20(18)26/h3-13H,14H2,1-2H3/b23-13-. The Kier molecular flexibility index (Phi) is 4.79. The zero-order valence-corrected chi connectivity index (χ0v) is 17.9. The Morgan fingerprint density at radius 1 is 1.06 bits per heavy atom. The van der Waals surface area contributed by atoms with Gasteiger partial charge in [0.25, 0.3) is 5.56 Å². The molecule has 0 N–H and O–H groups in total. The summed E-state index contributed by atoms with van der Waals surface area (Å²) in [6.45, 7) is 4.21. The molecule has 5 aromatic rings. The highest BCUT2D eigenvalue weighted by Gasteiger charge is 2.12. The third-order valence-electron chi connectivity index (χ3n) is 5.36. The fourth-order valence-electron chi connectivity index (χ4n) is 3.54. The van der Waals surface area contributed by atoms with Crippen molar-refractivity contribution in [3.05, 3.63) is 104 Å². The number of halogens is 1. The molecule has 154 valence electrons. The highest BCUT2D eigenvalue weighted by Crippen LogP contribution is 2.21. The maximum absolute atomic E-state index is 13.8. The van der Waals surface area contributed by atoms with Crippen molar-refractivity contribution in [3.8, 4) is 5.75 Å². The van der Waals surface area contributed by atoms with Gasteiger partial charge in [-0.3, -0.25) is 4.79 Å². The Morgan fingerprint density at radius 2 is 1.87 bits per heavy atom. The van der Waals surface area contributed by atoms with E-state index in [1.807, 2.05) is 56.3 Å². The summed E-state index contributed by atoms with van der Waals surface area (Å²) < 4.78 is 21.8. The van der Waals surface area contributed by atoms with E-state index in [4.69, 9.17) is 4.74 Å². The Hall–Kier alpha value is -3.51. The van der Waals surface area contributed by atoms with Crippen LogP contribution in [0.25, 0.3) is 22.1 Å². The number of thiazole rings is 1. The predicted molar refractivity (Wildman–Crippen MR) is 122 cm³/mol. The van der Waals surface area contributed by atoms with Gasteiger partial charge in [-0.05, 0) is 66.9 Å². The zero-order chi connectivity index (χ0) is 21.5. The zero-order valence-electron chi connectivity index (χ0n) is 17.1. The maximum atomic E-state index is 13.8. The number of benzene rings is 3. The Bertz CT molecular complexity index is 1550. The minimum absolute atomic E-state index is 0.0802. The maximum Gasteiger partial charge on any atom is 0.274 e. The number of aryl methyl sites for hydroxylation is 2. The fourth-order valence-corrected chi connectivity index (χ4v) is 4.53. The van der Waals surface area contributed by atoms with Crippen molar-refractivity contribution >= 4 is 33.4 Å². The molecule has 0 spiro atoms. The van der Waals surface area contributed by atoms with Crippen molar-refractivity contribution < 1.29 is 9.13 Å². The van der Waals surface area contributed by atoms with Crippen molar-refractivity contribution in [2.24, 2.45) is 0 Å². The third-order valence-corrected chi connectivity index (χ3v) is 6.33. The molecule has 2 aromatic heterocycles. The van der Waals surface area contributed by atoms with E-state index in [1.54, 1.807) is 22.6 Å². The van der Waals surface area contributed by atoms with Gasteiger partial charge in [-0.1, -0.05) is 41.7 Å². The fraction of sp³-hybridized carbons (Fsp3) is 0.120. The van der Waals surface area contributed by atoms with Gasteiger partial charge in [0.05, 0.1) is 15.6 Å². The first kappa shape index (κ1) is 19.5. The molecule has 5 rings (SSSR count). The molecule has 0 bridgehead atoms. The summed E-state index contributed by atoms with van der Waals surface area (Å²) >= 11 is 1.37. The molecule has 0 fully saturated rings. The van der Waals surface area contributed by atoms with Crippen LogP contribution >= 0.6 is 11.3 Å². The van der Waals surface area contributed by atoms with E-state index in [1.165, 1.54) is 17.4 Å². The van der Waals surface area contributed by atoms with Gasteiger partial charge in [0, 0.05) is 5.56 Å². The first-order valence-corrected chi connectivity index (χ1v) is 10.7. The second-order valence-corrected chi connectivity index (χ2v) is 8.53. The summed E-state index contributed by atoms with van der Waals surface area (Å²) in [5.41, 5.74) is 5.21. The molecular formula is C25H19FN2O2S. The largest absolute Gasteiger partial charge is 0.489 e. The van der Waals surface area contributed by atoms with Crippen LogP contribution in [0.3, 0.4) is 0 Å². The van der Waals surface area contributed by atoms with Crippen molar-refractivity contribution in [3.63, 3.8) is 0 Å². The molecule has 2 heterocycles. The van der Waals surface area contributed by atoms with Crippen LogP contribution in [-0.4, -0.2) is 9.38 Å². The predicted octanol–water partition coefficient (Wildman–Crippen LogP) is 4.79. The average Bonchev–Trinajstić information content (AvgIpc) is 3.24. The summed E-state index contributed by atoms with van der Waals surface area (Å²) in [6.07, 6.45) is 1.84. The SMILES string of the molecule is Cc1cc2nc3s/c(=C\c4cccc(OCc5ccccc5F)c4)c(=O)n3c2cc1C. The number of hydrogen-bond acceptors (Lipinski definition) is 4. The molecular weight excluding hydrogens is 411 g/mol. The number of nitrogens with zero attached hydrogens (tertiary/aromatic N) is 2. The van der Waals surface area contributed by atoms with Gasteiger partial charge in [-0.2, -0.15) is 0 Å². The smallest absolute Gasteiger partial charge is 0.274 e. The second kappa shape index (κ2) is 7.63. The normalized spacial score (nSPS) is 12.2. The molecule has 0 aliphatic carbocycles. The van der Waals surface area contributed by atoms with E-state index in [0.29, 0.717) is 20.8 Å². The molecule has 4 nitrogen and oxygen atoms in total. The number of fused-ring (bicyclic) bond motifs is 3. The average molecular weight is 431 g/mol.